The number of amides is 12. The Morgan fingerprint density at radius 2 is 1.09 bits per heavy atom. The normalized spacial score (nSPS) is 16.1. The van der Waals surface area contributed by atoms with Crippen molar-refractivity contribution >= 4 is 88.8 Å². The number of carboxylic acids is 2. The summed E-state index contributed by atoms with van der Waals surface area (Å²) in [6.07, 6.45) is -4.08. The van der Waals surface area contributed by atoms with Crippen LogP contribution in [0.25, 0.3) is 0 Å². The number of guanidine groups is 1. The number of aliphatic hydroxyl groups is 2. The number of aliphatic carboxylic acids is 2. The van der Waals surface area contributed by atoms with E-state index in [-0.39, 0.29) is 63.6 Å². The molecule has 0 aromatic carbocycles. The van der Waals surface area contributed by atoms with Gasteiger partial charge in [0.2, 0.25) is 70.9 Å². The highest BCUT2D eigenvalue weighted by Crippen LogP contribution is 2.19. The smallest absolute Gasteiger partial charge is 0.480 e. The molecule has 0 aromatic heterocycles. The number of aliphatic imine (C=N–C) groups is 1. The number of hydrogen-bond donors (Lipinski definition) is 19. The summed E-state index contributed by atoms with van der Waals surface area (Å²) < 4.78 is 31.7. The van der Waals surface area contributed by atoms with Crippen LogP contribution in [-0.4, -0.2) is 233 Å². The van der Waals surface area contributed by atoms with E-state index in [4.69, 9.17) is 37.9 Å². The van der Waals surface area contributed by atoms with Gasteiger partial charge in [-0.1, -0.05) is 6.42 Å². The molecule has 11 atom stereocenters. The Morgan fingerprint density at radius 1 is 0.602 bits per heavy atom. The van der Waals surface area contributed by atoms with Crippen LogP contribution in [0.15, 0.2) is 4.99 Å². The average molecular weight is 1270 g/mol. The first-order valence-electron chi connectivity index (χ1n) is 27.8. The van der Waals surface area contributed by atoms with E-state index in [9.17, 15) is 85.7 Å². The highest BCUT2D eigenvalue weighted by atomic mass is 19.4. The molecule has 0 aliphatic carbocycles. The van der Waals surface area contributed by atoms with Gasteiger partial charge in [-0.05, 0) is 99.0 Å². The van der Waals surface area contributed by atoms with Gasteiger partial charge in [0.15, 0.2) is 5.96 Å². The highest BCUT2D eigenvalue weighted by Gasteiger charge is 2.40. The third-order valence-electron chi connectivity index (χ3n) is 12.6. The summed E-state index contributed by atoms with van der Waals surface area (Å²) in [5, 5.41) is 62.7. The second-order valence-electron chi connectivity index (χ2n) is 20.2. The SMILES string of the molecule is CC(=O)NCCCC[C@H](NC(=O)[C@H](CCCN=C(N)N)NC(=O)[C@H](C)NC(=O)[C@H](C)NC(=O)[C@@H](N)CCCCN)C(=O)N[C@@H](CO)C(=O)N[C@@H](C)C(=O)N1CCC[C@H]1C(=O)N[C@@H](C)C(=O)N[C@H](C(=O)NCC(=O)NCC(=O)O)[C@@H](C)O.O=C(O)C(F)(F)F. The molecule has 0 spiro atoms. The Labute approximate surface area is 504 Å². The minimum atomic E-state index is -5.08. The third-order valence-corrected chi connectivity index (χ3v) is 12.6. The fourth-order valence-electron chi connectivity index (χ4n) is 7.74. The summed E-state index contributed by atoms with van der Waals surface area (Å²) >= 11 is 0. The Morgan fingerprint density at radius 3 is 1.61 bits per heavy atom. The summed E-state index contributed by atoms with van der Waals surface area (Å²) in [7, 11) is 0. The lowest BCUT2D eigenvalue weighted by Gasteiger charge is -2.29. The summed E-state index contributed by atoms with van der Waals surface area (Å²) in [5.74, 6) is -14.1. The first kappa shape index (κ1) is 79.5. The van der Waals surface area contributed by atoms with Crippen LogP contribution in [-0.2, 0) is 67.1 Å². The molecular formula is C50H86F3N17O18. The van der Waals surface area contributed by atoms with Gasteiger partial charge >= 0.3 is 18.1 Å². The maximum atomic E-state index is 14.0. The van der Waals surface area contributed by atoms with Gasteiger partial charge in [-0.2, -0.15) is 13.2 Å². The number of rotatable bonds is 37. The number of carboxylic acid groups (broad SMARTS) is 2. The molecule has 500 valence electrons. The first-order chi connectivity index (χ1) is 41.0. The molecule has 0 radical (unpaired) electrons. The fourth-order valence-corrected chi connectivity index (χ4v) is 7.74. The molecule has 1 aliphatic heterocycles. The van der Waals surface area contributed by atoms with Gasteiger partial charge in [0.1, 0.15) is 60.9 Å². The maximum absolute atomic E-state index is 14.0. The van der Waals surface area contributed by atoms with E-state index < -0.39 is 169 Å². The van der Waals surface area contributed by atoms with Gasteiger partial charge in [-0.25, -0.2) is 4.79 Å². The Kier molecular flexibility index (Phi) is 36.8. The quantitative estimate of drug-likeness (QED) is 0.0156. The predicted octanol–water partition coefficient (Wildman–Crippen LogP) is -7.92. The van der Waals surface area contributed by atoms with Gasteiger partial charge in [-0.15, -0.1) is 0 Å². The highest BCUT2D eigenvalue weighted by molar-refractivity contribution is 5.99. The molecule has 0 bridgehead atoms. The van der Waals surface area contributed by atoms with Crippen molar-refractivity contribution in [1.82, 2.24) is 63.4 Å². The van der Waals surface area contributed by atoms with Gasteiger partial charge in [0.05, 0.1) is 25.3 Å². The van der Waals surface area contributed by atoms with E-state index in [1.54, 1.807) is 0 Å². The van der Waals surface area contributed by atoms with E-state index in [0.717, 1.165) is 4.90 Å². The van der Waals surface area contributed by atoms with Crippen molar-refractivity contribution in [2.75, 3.05) is 45.9 Å². The number of halogens is 3. The topological polar surface area (TPSA) is 572 Å². The van der Waals surface area contributed by atoms with Crippen LogP contribution >= 0.6 is 0 Å². The average Bonchev–Trinajstić information content (AvgIpc) is 3.11. The number of unbranched alkanes of at least 4 members (excludes halogenated alkanes) is 2. The molecule has 1 aliphatic rings. The van der Waals surface area contributed by atoms with Crippen molar-refractivity contribution in [3.05, 3.63) is 0 Å². The van der Waals surface area contributed by atoms with Crippen molar-refractivity contribution in [3.63, 3.8) is 0 Å². The Hall–Kier alpha value is -8.52. The van der Waals surface area contributed by atoms with Gasteiger partial charge in [-0.3, -0.25) is 67.3 Å². The van der Waals surface area contributed by atoms with Gasteiger partial charge in [0.25, 0.3) is 0 Å². The molecule has 35 nitrogen and oxygen atoms in total. The molecule has 38 heteroatoms. The molecule has 1 rings (SSSR count). The number of carbonyl (C=O) groups is 14. The number of likely N-dealkylation sites (tertiary alicyclic amines) is 1. The zero-order chi connectivity index (χ0) is 67.6. The van der Waals surface area contributed by atoms with Crippen LogP contribution < -0.4 is 81.4 Å². The zero-order valence-corrected chi connectivity index (χ0v) is 49.7. The third kappa shape index (κ3) is 31.7. The van der Waals surface area contributed by atoms with Gasteiger partial charge < -0.3 is 107 Å². The van der Waals surface area contributed by atoms with Crippen LogP contribution in [0.2, 0.25) is 0 Å². The van der Waals surface area contributed by atoms with Crippen LogP contribution in [0, 0.1) is 0 Å². The number of hydrogen-bond acceptors (Lipinski definition) is 19. The van der Waals surface area contributed by atoms with Gasteiger partial charge in [0, 0.05) is 26.6 Å². The predicted molar refractivity (Wildman–Crippen MR) is 302 cm³/mol. The molecule has 0 aromatic rings. The minimum absolute atomic E-state index is 0.0201. The summed E-state index contributed by atoms with van der Waals surface area (Å²) in [6, 6.07) is -13.3. The van der Waals surface area contributed by atoms with Crippen molar-refractivity contribution in [3.8, 4) is 0 Å². The van der Waals surface area contributed by atoms with Crippen LogP contribution in [0.4, 0.5) is 13.2 Å². The minimum Gasteiger partial charge on any atom is -0.480 e. The number of nitrogens with one attached hydrogen (secondary N) is 11. The summed E-state index contributed by atoms with van der Waals surface area (Å²) in [5.41, 5.74) is 22.3. The summed E-state index contributed by atoms with van der Waals surface area (Å²) in [6.45, 7) is 6.00. The van der Waals surface area contributed by atoms with Crippen molar-refractivity contribution in [1.29, 1.82) is 0 Å². The van der Waals surface area contributed by atoms with E-state index in [1.807, 2.05) is 5.32 Å². The number of carbonyl (C=O) groups excluding carboxylic acids is 12. The fraction of sp³-hybridized carbons (Fsp3) is 0.700. The molecular weight excluding hydrogens is 1180 g/mol. The van der Waals surface area contributed by atoms with Crippen molar-refractivity contribution < 1.29 is 101 Å². The van der Waals surface area contributed by atoms with Crippen molar-refractivity contribution in [2.24, 2.45) is 27.9 Å². The lowest BCUT2D eigenvalue weighted by atomic mass is 10.1. The van der Waals surface area contributed by atoms with Crippen LogP contribution in [0.3, 0.4) is 0 Å². The van der Waals surface area contributed by atoms with E-state index >= 15 is 0 Å². The van der Waals surface area contributed by atoms with Crippen LogP contribution in [0.5, 0.6) is 0 Å². The first-order valence-corrected chi connectivity index (χ1v) is 27.8. The Bertz CT molecular complexity index is 2440. The molecule has 0 unspecified atom stereocenters. The second-order valence-corrected chi connectivity index (χ2v) is 20.2. The standard InChI is InChI=1S/C48H85N17O16.C2HF3O2/c1-24(58-41(75)30(50)13-7-9-17-49)38(72)57-25(2)39(73)61-32(15-11-19-54-48(51)52)42(76)62-31(14-8-10-18-53-29(6)68)43(77)63-33(23-66)44(78)60-27(4)47(81)65-20-12-16-34(65)45(79)59-26(3)40(74)64-37(28(5)67)46(80)56-21-35(69)55-22-36(70)71;3-2(4,5)1(6)7/h24-28,30-34,37,66-67H,7-23,49-50H2,1-6H3,(H,53,68)(H,55,69)(H,56,80)(H,57,72)(H,58,75)(H,59,79)(H,60,78)(H,61,73)(H,62,76)(H,63,77)(H,64,74)(H,70,71)(H4,51,52,54);(H,6,7)/t24-,25-,26-,27-,28+,30-,31-,32-,33-,34-,37-;/m0./s1. The number of aliphatic hydroxyl groups excluding tert-OH is 2. The van der Waals surface area contributed by atoms with E-state index in [0.29, 0.717) is 38.6 Å². The largest absolute Gasteiger partial charge is 0.490 e. The number of nitrogens with zero attached hydrogens (tertiary/aromatic N) is 2. The molecule has 88 heavy (non-hydrogen) atoms. The van der Waals surface area contributed by atoms with E-state index in [2.05, 4.69) is 58.2 Å². The zero-order valence-electron chi connectivity index (χ0n) is 49.7. The molecule has 23 N–H and O–H groups in total. The number of alkyl halides is 3. The molecule has 12 amide bonds. The lowest BCUT2D eigenvalue weighted by molar-refractivity contribution is -0.192. The van der Waals surface area contributed by atoms with Crippen LogP contribution in [0.1, 0.15) is 106 Å². The monoisotopic (exact) mass is 1270 g/mol. The Balaban J connectivity index is 0.0000101. The van der Waals surface area contributed by atoms with E-state index in [1.165, 1.54) is 41.5 Å². The lowest BCUT2D eigenvalue weighted by Crippen LogP contribution is -2.60. The molecule has 1 saturated heterocycles. The molecule has 0 saturated carbocycles. The van der Waals surface area contributed by atoms with Crippen molar-refractivity contribution in [2.45, 2.75) is 178 Å². The second kappa shape index (κ2) is 40.8. The number of nitrogens with two attached hydrogens (primary N) is 4. The maximum Gasteiger partial charge on any atom is 0.490 e. The molecule has 1 heterocycles. The molecule has 1 fully saturated rings. The summed E-state index contributed by atoms with van der Waals surface area (Å²) in [4.78, 5) is 182.